The van der Waals surface area contributed by atoms with Crippen molar-refractivity contribution in [2.75, 3.05) is 0 Å². The van der Waals surface area contributed by atoms with Crippen LogP contribution in [0, 0.1) is 6.92 Å². The van der Waals surface area contributed by atoms with E-state index in [2.05, 4.69) is 66.5 Å². The Morgan fingerprint density at radius 2 is 1.46 bits per heavy atom. The summed E-state index contributed by atoms with van der Waals surface area (Å²) in [5.74, 6) is 0.765. The van der Waals surface area contributed by atoms with Crippen molar-refractivity contribution in [3.05, 3.63) is 114 Å². The molecule has 0 N–H and O–H groups in total. The fraction of sp³-hybridized carbons (Fsp3) is 0.0833. The van der Waals surface area contributed by atoms with Gasteiger partial charge in [0.15, 0.2) is 0 Å². The molecule has 0 aliphatic carbocycles. The van der Waals surface area contributed by atoms with Crippen molar-refractivity contribution in [2.24, 2.45) is 0 Å². The number of rotatable bonds is 5. The molecule has 4 aromatic rings. The number of pyridine rings is 1. The van der Waals surface area contributed by atoms with Gasteiger partial charge >= 0.3 is 0 Å². The smallest absolute Gasteiger partial charge is 0.149 e. The van der Waals surface area contributed by atoms with Crippen LogP contribution in [0.25, 0.3) is 10.8 Å². The first kappa shape index (κ1) is 16.3. The molecule has 0 atom stereocenters. The molecule has 2 heteroatoms. The molecule has 4 rings (SSSR count). The molecule has 0 amide bonds. The van der Waals surface area contributed by atoms with Crippen molar-refractivity contribution < 1.29 is 4.74 Å². The van der Waals surface area contributed by atoms with Crippen molar-refractivity contribution in [2.45, 2.75) is 13.0 Å². The maximum Gasteiger partial charge on any atom is 0.149 e. The quantitative estimate of drug-likeness (QED) is 0.473. The Morgan fingerprint density at radius 1 is 0.769 bits per heavy atom. The molecule has 0 aliphatic heterocycles. The Morgan fingerprint density at radius 3 is 2.19 bits per heavy atom. The molecule has 26 heavy (non-hydrogen) atoms. The third-order valence-electron chi connectivity index (χ3n) is 4.46. The van der Waals surface area contributed by atoms with Gasteiger partial charge in [-0.15, -0.1) is 0 Å². The Labute approximate surface area is 154 Å². The van der Waals surface area contributed by atoms with Gasteiger partial charge in [0.05, 0.1) is 5.69 Å². The summed E-state index contributed by atoms with van der Waals surface area (Å²) in [5.41, 5.74) is 4.34. The van der Waals surface area contributed by atoms with E-state index in [0.717, 1.165) is 28.5 Å². The summed E-state index contributed by atoms with van der Waals surface area (Å²) in [5, 5.41) is 2.13. The molecular weight excluding hydrogens is 318 g/mol. The summed E-state index contributed by atoms with van der Waals surface area (Å²) in [6.07, 6.45) is 2.75. The van der Waals surface area contributed by atoms with E-state index in [9.17, 15) is 0 Å². The third-order valence-corrected chi connectivity index (χ3v) is 4.46. The standard InChI is InChI=1S/C24H20NO/c1-18-24(26-17-20-10-6-3-7-11-20)23-15-21(12-13-22(23)16-25-18)14-19-8-4-2-5-9-19/h2-13,15-16H,1,14,17H2. The van der Waals surface area contributed by atoms with Gasteiger partial charge in [0.2, 0.25) is 0 Å². The van der Waals surface area contributed by atoms with Crippen molar-refractivity contribution in [3.8, 4) is 5.75 Å². The highest BCUT2D eigenvalue weighted by Crippen LogP contribution is 2.30. The normalized spacial score (nSPS) is 10.8. The van der Waals surface area contributed by atoms with E-state index in [4.69, 9.17) is 4.74 Å². The zero-order valence-corrected chi connectivity index (χ0v) is 14.6. The molecule has 127 valence electrons. The Hall–Kier alpha value is -3.13. The number of ether oxygens (including phenoxy) is 1. The lowest BCUT2D eigenvalue weighted by molar-refractivity contribution is 0.307. The summed E-state index contributed by atoms with van der Waals surface area (Å²) < 4.78 is 6.12. The molecule has 0 aliphatic rings. The Bertz CT molecular complexity index is 1010. The Balaban J connectivity index is 1.66. The van der Waals surface area contributed by atoms with Crippen molar-refractivity contribution in [1.82, 2.24) is 4.98 Å². The highest BCUT2D eigenvalue weighted by molar-refractivity contribution is 5.89. The summed E-state index contributed by atoms with van der Waals surface area (Å²) in [4.78, 5) is 4.40. The fourth-order valence-electron chi connectivity index (χ4n) is 3.11. The summed E-state index contributed by atoms with van der Waals surface area (Å²) in [6.45, 7) is 4.57. The number of aromatic nitrogens is 1. The van der Waals surface area contributed by atoms with Crippen LogP contribution in [0.3, 0.4) is 0 Å². The number of hydrogen-bond acceptors (Lipinski definition) is 2. The van der Waals surface area contributed by atoms with E-state index < -0.39 is 0 Å². The van der Waals surface area contributed by atoms with Gasteiger partial charge in [-0.3, -0.25) is 4.98 Å². The highest BCUT2D eigenvalue weighted by Gasteiger charge is 2.09. The van der Waals surface area contributed by atoms with Gasteiger partial charge in [-0.2, -0.15) is 0 Å². The van der Waals surface area contributed by atoms with Crippen LogP contribution in [0.1, 0.15) is 22.4 Å². The molecule has 1 heterocycles. The molecule has 0 spiro atoms. The van der Waals surface area contributed by atoms with Gasteiger partial charge in [-0.1, -0.05) is 72.8 Å². The predicted molar refractivity (Wildman–Crippen MR) is 106 cm³/mol. The van der Waals surface area contributed by atoms with E-state index in [1.165, 1.54) is 11.1 Å². The second-order valence-corrected chi connectivity index (χ2v) is 6.39. The van der Waals surface area contributed by atoms with Crippen LogP contribution in [-0.2, 0) is 13.0 Å². The van der Waals surface area contributed by atoms with E-state index in [1.807, 2.05) is 30.5 Å². The van der Waals surface area contributed by atoms with Crippen LogP contribution >= 0.6 is 0 Å². The lowest BCUT2D eigenvalue weighted by Gasteiger charge is -2.13. The first-order chi connectivity index (χ1) is 12.8. The third kappa shape index (κ3) is 3.60. The number of nitrogens with zero attached hydrogens (tertiary/aromatic N) is 1. The molecule has 0 saturated carbocycles. The molecule has 1 radical (unpaired) electrons. The number of fused-ring (bicyclic) bond motifs is 1. The van der Waals surface area contributed by atoms with Crippen LogP contribution in [-0.4, -0.2) is 4.98 Å². The average Bonchev–Trinajstić information content (AvgIpc) is 2.69. The van der Waals surface area contributed by atoms with E-state index in [1.54, 1.807) is 0 Å². The molecular formula is C24H20NO. The minimum absolute atomic E-state index is 0.507. The van der Waals surface area contributed by atoms with Crippen LogP contribution in [0.15, 0.2) is 85.1 Å². The van der Waals surface area contributed by atoms with Gasteiger partial charge in [0, 0.05) is 17.0 Å². The first-order valence-corrected chi connectivity index (χ1v) is 8.74. The van der Waals surface area contributed by atoms with Crippen LogP contribution in [0.5, 0.6) is 5.75 Å². The molecule has 0 unspecified atom stereocenters. The molecule has 0 fully saturated rings. The second-order valence-electron chi connectivity index (χ2n) is 6.39. The van der Waals surface area contributed by atoms with Gasteiger partial charge in [0.25, 0.3) is 0 Å². The zero-order valence-electron chi connectivity index (χ0n) is 14.6. The maximum absolute atomic E-state index is 6.12. The van der Waals surface area contributed by atoms with Crippen LogP contribution < -0.4 is 4.74 Å². The van der Waals surface area contributed by atoms with E-state index >= 15 is 0 Å². The summed E-state index contributed by atoms with van der Waals surface area (Å²) >= 11 is 0. The van der Waals surface area contributed by atoms with Crippen molar-refractivity contribution in [3.63, 3.8) is 0 Å². The van der Waals surface area contributed by atoms with Crippen LogP contribution in [0.2, 0.25) is 0 Å². The largest absolute Gasteiger partial charge is 0.486 e. The molecule has 3 aromatic carbocycles. The number of hydrogen-bond donors (Lipinski definition) is 0. The van der Waals surface area contributed by atoms with Crippen LogP contribution in [0.4, 0.5) is 0 Å². The zero-order chi connectivity index (χ0) is 17.8. The van der Waals surface area contributed by atoms with Crippen molar-refractivity contribution >= 4 is 10.8 Å². The topological polar surface area (TPSA) is 22.1 Å². The van der Waals surface area contributed by atoms with E-state index in [0.29, 0.717) is 12.3 Å². The van der Waals surface area contributed by atoms with Gasteiger partial charge in [-0.25, -0.2) is 0 Å². The monoisotopic (exact) mass is 338 g/mol. The highest BCUT2D eigenvalue weighted by atomic mass is 16.5. The summed E-state index contributed by atoms with van der Waals surface area (Å²) in [7, 11) is 0. The fourth-order valence-corrected chi connectivity index (χ4v) is 3.11. The lowest BCUT2D eigenvalue weighted by atomic mass is 10.0. The Kier molecular flexibility index (Phi) is 4.65. The van der Waals surface area contributed by atoms with Gasteiger partial charge in [-0.05, 0) is 36.1 Å². The maximum atomic E-state index is 6.12. The molecule has 1 aromatic heterocycles. The van der Waals surface area contributed by atoms with E-state index in [-0.39, 0.29) is 0 Å². The molecule has 0 bridgehead atoms. The second kappa shape index (κ2) is 7.40. The SMILES string of the molecule is [CH2]c1ncc2ccc(Cc3ccccc3)cc2c1OCc1ccccc1. The molecule has 2 nitrogen and oxygen atoms in total. The minimum atomic E-state index is 0.507. The van der Waals surface area contributed by atoms with Gasteiger partial charge in [0.1, 0.15) is 12.4 Å². The summed E-state index contributed by atoms with van der Waals surface area (Å²) in [6, 6.07) is 27.1. The first-order valence-electron chi connectivity index (χ1n) is 8.74. The lowest BCUT2D eigenvalue weighted by Crippen LogP contribution is -1.99. The van der Waals surface area contributed by atoms with Gasteiger partial charge < -0.3 is 4.74 Å². The van der Waals surface area contributed by atoms with Crippen molar-refractivity contribution in [1.29, 1.82) is 0 Å². The average molecular weight is 338 g/mol. The molecule has 0 saturated heterocycles. The minimum Gasteiger partial charge on any atom is -0.486 e. The predicted octanol–water partition coefficient (Wildman–Crippen LogP) is 5.59. The number of benzene rings is 3.